The van der Waals surface area contributed by atoms with Gasteiger partial charge in [-0.2, -0.15) is 18.4 Å². The molecule has 4 rings (SSSR count). The Bertz CT molecular complexity index is 1800. The third-order valence-corrected chi connectivity index (χ3v) is 7.80. The zero-order valence-electron chi connectivity index (χ0n) is 27.3. The minimum Gasteiger partial charge on any atom is -0.554 e. The highest BCUT2D eigenvalue weighted by Gasteiger charge is 2.41. The van der Waals surface area contributed by atoms with E-state index in [0.717, 1.165) is 12.1 Å². The average molecular weight is 672 g/mol. The lowest BCUT2D eigenvalue weighted by atomic mass is 9.89. The number of H-pyrrole nitrogens is 1. The molecular formula is C32H36F3N7O6. The van der Waals surface area contributed by atoms with Crippen LogP contribution in [-0.4, -0.2) is 84.3 Å². The predicted octanol–water partition coefficient (Wildman–Crippen LogP) is 2.46. The Morgan fingerprint density at radius 1 is 1.21 bits per heavy atom. The lowest BCUT2D eigenvalue weighted by Crippen LogP contribution is -2.41. The molecule has 0 aliphatic carbocycles. The van der Waals surface area contributed by atoms with Gasteiger partial charge in [-0.25, -0.2) is 19.3 Å². The minimum absolute atomic E-state index is 0.00453. The van der Waals surface area contributed by atoms with Crippen molar-refractivity contribution in [3.63, 3.8) is 0 Å². The van der Waals surface area contributed by atoms with Crippen LogP contribution in [0.5, 0.6) is 0 Å². The molecule has 0 spiro atoms. The van der Waals surface area contributed by atoms with Gasteiger partial charge in [0.1, 0.15) is 12.6 Å². The molecule has 0 saturated heterocycles. The van der Waals surface area contributed by atoms with Gasteiger partial charge in [0, 0.05) is 50.4 Å². The van der Waals surface area contributed by atoms with Gasteiger partial charge in [0.2, 0.25) is 11.9 Å². The maximum absolute atomic E-state index is 13.6. The van der Waals surface area contributed by atoms with E-state index >= 15 is 0 Å². The van der Waals surface area contributed by atoms with Crippen LogP contribution in [0.2, 0.25) is 0 Å². The van der Waals surface area contributed by atoms with Gasteiger partial charge in [-0.05, 0) is 42.8 Å². The molecule has 256 valence electrons. The maximum Gasteiger partial charge on any atom is 0.416 e. The number of allylic oxidation sites excluding steroid dienone is 1. The molecule has 13 nitrogen and oxygen atoms in total. The van der Waals surface area contributed by atoms with E-state index in [9.17, 15) is 32.8 Å². The van der Waals surface area contributed by atoms with Crippen LogP contribution in [0.3, 0.4) is 0 Å². The highest BCUT2D eigenvalue weighted by atomic mass is 19.4. The molecule has 0 fully saturated rings. The largest absolute Gasteiger partial charge is 0.554 e. The molecule has 1 N–H and O–H groups in total. The summed E-state index contributed by atoms with van der Waals surface area (Å²) < 4.78 is 47.7. The number of carboxylic acid groups (broad SMARTS) is 1. The molecule has 0 bridgehead atoms. The van der Waals surface area contributed by atoms with Crippen molar-refractivity contribution in [1.29, 1.82) is 5.26 Å². The summed E-state index contributed by atoms with van der Waals surface area (Å²) in [5.74, 6) is -0.815. The van der Waals surface area contributed by atoms with E-state index in [1.54, 1.807) is 39.2 Å². The number of ether oxygens (including phenoxy) is 1. The first-order valence-electron chi connectivity index (χ1n) is 14.5. The van der Waals surface area contributed by atoms with E-state index in [0.29, 0.717) is 47.1 Å². The fraction of sp³-hybridized carbons (Fsp3) is 0.375. The number of nitriles is 1. The number of methoxy groups -OCH3 is 1. The molecule has 2 heterocycles. The number of carbonyl (C=O) groups is 3. The average Bonchev–Trinajstić information content (AvgIpc) is 3.40. The van der Waals surface area contributed by atoms with Crippen LogP contribution in [0.15, 0.2) is 58.5 Å². The van der Waals surface area contributed by atoms with Gasteiger partial charge in [-0.15, -0.1) is 5.10 Å². The fourth-order valence-electron chi connectivity index (χ4n) is 5.58. The standard InChI is InChI=1S/C31H34F3N7O4.CH2O2/c1-19-26(28(43)45-6)27(40-29(36-37-30(40)44)39(19)23-10-7-9-22(16-23)31(32,33)34)24-13-12-20(17-35)15-21(24)18-41(4,5)14-8-11-25(42)38(2)3;2-1-3/h7,9-10,12-13,15-16,27H,8,11,14,18H2,1-6H3;1H,(H,2,3)/t27-;/m1./s1. The number of amides is 1. The van der Waals surface area contributed by atoms with Gasteiger partial charge >= 0.3 is 17.8 Å². The number of quaternary nitrogens is 1. The lowest BCUT2D eigenvalue weighted by molar-refractivity contribution is -0.903. The predicted molar refractivity (Wildman–Crippen MR) is 165 cm³/mol. The topological polar surface area (TPSA) is 164 Å². The van der Waals surface area contributed by atoms with E-state index in [-0.39, 0.29) is 28.8 Å². The van der Waals surface area contributed by atoms with Crippen molar-refractivity contribution in [3.8, 4) is 6.07 Å². The number of nitrogens with one attached hydrogen (secondary N) is 1. The second-order valence-electron chi connectivity index (χ2n) is 11.8. The van der Waals surface area contributed by atoms with Crippen molar-refractivity contribution in [3.05, 3.63) is 86.5 Å². The zero-order valence-corrected chi connectivity index (χ0v) is 27.3. The van der Waals surface area contributed by atoms with Gasteiger partial charge in [0.25, 0.3) is 0 Å². The van der Waals surface area contributed by atoms with Crippen LogP contribution in [-0.2, 0) is 31.8 Å². The Hall–Kier alpha value is -5.43. The number of anilines is 2. The first-order valence-corrected chi connectivity index (χ1v) is 14.5. The van der Waals surface area contributed by atoms with Gasteiger partial charge < -0.3 is 24.0 Å². The summed E-state index contributed by atoms with van der Waals surface area (Å²) >= 11 is 0. The molecule has 2 aromatic carbocycles. The second-order valence-corrected chi connectivity index (χ2v) is 11.8. The summed E-state index contributed by atoms with van der Waals surface area (Å²) in [4.78, 5) is 50.1. The Morgan fingerprint density at radius 3 is 2.46 bits per heavy atom. The minimum atomic E-state index is -4.63. The highest BCUT2D eigenvalue weighted by Crippen LogP contribution is 2.43. The van der Waals surface area contributed by atoms with Crippen molar-refractivity contribution in [2.45, 2.75) is 38.5 Å². The molecule has 0 saturated carbocycles. The van der Waals surface area contributed by atoms with Gasteiger partial charge in [0.05, 0.1) is 50.5 Å². The van der Waals surface area contributed by atoms with Crippen LogP contribution in [0.1, 0.15) is 48.1 Å². The summed E-state index contributed by atoms with van der Waals surface area (Å²) in [6, 6.07) is 10.5. The Labute approximate surface area is 274 Å². The Balaban J connectivity index is 0.00000201. The van der Waals surface area contributed by atoms with E-state index in [2.05, 4.69) is 16.3 Å². The van der Waals surface area contributed by atoms with E-state index in [1.807, 2.05) is 14.1 Å². The molecule has 1 amide bonds. The number of alkyl halides is 3. The molecule has 16 heteroatoms. The molecule has 48 heavy (non-hydrogen) atoms. The number of hydrogen-bond donors (Lipinski definition) is 1. The number of esters is 1. The molecule has 1 aromatic heterocycles. The monoisotopic (exact) mass is 671 g/mol. The first kappa shape index (κ1) is 37.0. The molecule has 3 aromatic rings. The van der Waals surface area contributed by atoms with Gasteiger partial charge in [0.15, 0.2) is 0 Å². The summed E-state index contributed by atoms with van der Waals surface area (Å²) in [5, 5.41) is 24.5. The van der Waals surface area contributed by atoms with Crippen LogP contribution in [0.25, 0.3) is 0 Å². The number of hydrogen-bond acceptors (Lipinski definition) is 9. The molecule has 0 radical (unpaired) electrons. The quantitative estimate of drug-likeness (QED) is 0.204. The number of nitrogens with zero attached hydrogens (tertiary/aromatic N) is 6. The van der Waals surface area contributed by atoms with E-state index < -0.39 is 35.9 Å². The van der Waals surface area contributed by atoms with Crippen molar-refractivity contribution < 1.29 is 41.9 Å². The van der Waals surface area contributed by atoms with Gasteiger partial charge in [-0.3, -0.25) is 9.69 Å². The van der Waals surface area contributed by atoms with Crippen molar-refractivity contribution in [2.75, 3.05) is 46.7 Å². The third-order valence-electron chi connectivity index (χ3n) is 7.80. The summed E-state index contributed by atoms with van der Waals surface area (Å²) in [5.41, 5.74) is 0.169. The van der Waals surface area contributed by atoms with Crippen LogP contribution in [0.4, 0.5) is 24.8 Å². The van der Waals surface area contributed by atoms with Crippen molar-refractivity contribution in [2.24, 2.45) is 0 Å². The van der Waals surface area contributed by atoms with E-state index in [1.165, 1.54) is 33.6 Å². The maximum atomic E-state index is 13.6. The second kappa shape index (κ2) is 15.0. The van der Waals surface area contributed by atoms with Crippen LogP contribution >= 0.6 is 0 Å². The SMILES string of the molecule is COC(=O)C1=C(C)N(c2cccc(C(F)(F)F)c2)c2n[nH]c(=O)n2[C@@H]1c1ccc(C#N)cc1C[N+](C)(C)CCCC(=O)N(C)C.O=C[O-]. The van der Waals surface area contributed by atoms with Gasteiger partial charge in [-0.1, -0.05) is 12.1 Å². The molecule has 1 atom stereocenters. The lowest BCUT2D eigenvalue weighted by Gasteiger charge is -2.37. The first-order chi connectivity index (χ1) is 22.5. The number of fused-ring (bicyclic) bond motifs is 1. The normalized spacial score (nSPS) is 14.3. The number of halogens is 3. The highest BCUT2D eigenvalue weighted by molar-refractivity contribution is 5.93. The van der Waals surface area contributed by atoms with E-state index in [4.69, 9.17) is 14.6 Å². The smallest absolute Gasteiger partial charge is 0.416 e. The number of benzene rings is 2. The van der Waals surface area contributed by atoms with Crippen molar-refractivity contribution >= 4 is 30.0 Å². The molecule has 1 aliphatic heterocycles. The summed E-state index contributed by atoms with van der Waals surface area (Å²) in [6.45, 7) is 2.02. The number of carbonyl (C=O) groups excluding carboxylic acids is 3. The Morgan fingerprint density at radius 2 is 1.88 bits per heavy atom. The number of aromatic amines is 1. The number of rotatable bonds is 9. The summed E-state index contributed by atoms with van der Waals surface area (Å²) in [6.07, 6.45) is -3.68. The summed E-state index contributed by atoms with van der Waals surface area (Å²) in [7, 11) is 8.51. The fourth-order valence-corrected chi connectivity index (χ4v) is 5.58. The zero-order chi connectivity index (χ0) is 36.0. The third kappa shape index (κ3) is 8.10. The van der Waals surface area contributed by atoms with Crippen LogP contribution in [0, 0.1) is 11.3 Å². The molecular weight excluding hydrogens is 635 g/mol. The molecule has 1 aliphatic rings. The van der Waals surface area contributed by atoms with Crippen molar-refractivity contribution in [1.82, 2.24) is 19.7 Å². The number of aromatic nitrogens is 3. The molecule has 0 unspecified atom stereocenters. The Kier molecular flexibility index (Phi) is 11.6. The van der Waals surface area contributed by atoms with Crippen LogP contribution < -0.4 is 15.7 Å².